The minimum Gasteiger partial charge on any atom is -0.339 e. The van der Waals surface area contributed by atoms with E-state index < -0.39 is 0 Å². The lowest BCUT2D eigenvalue weighted by atomic mass is 9.95. The van der Waals surface area contributed by atoms with E-state index >= 15 is 0 Å². The first-order chi connectivity index (χ1) is 12.7. The fraction of sp³-hybridized carbons (Fsp3) is 0.480. The summed E-state index contributed by atoms with van der Waals surface area (Å²) in [4.78, 5) is 4.68. The van der Waals surface area contributed by atoms with Crippen molar-refractivity contribution >= 4 is 11.4 Å². The van der Waals surface area contributed by atoms with E-state index in [1.807, 2.05) is 0 Å². The molecule has 0 atom stereocenters. The summed E-state index contributed by atoms with van der Waals surface area (Å²) in [6.45, 7) is 23.6. The Morgan fingerprint density at radius 2 is 1.04 bits per heavy atom. The summed E-state index contributed by atoms with van der Waals surface area (Å²) in [6.07, 6.45) is 0. The summed E-state index contributed by atoms with van der Waals surface area (Å²) in [5.41, 5.74) is 10.9. The number of hydrogen-bond donors (Lipinski definition) is 0. The standard InChI is InChI=1S/C25H34N2/c1-16(2)22-13-18(5)11-20(7)24(22)26-9-10-27(15-26)25-21(8)12-19(6)14-23(25)17(3)4/h11-14,16-17H,9-10H2,1-8H3. The normalized spacial score (nSPS) is 14.7. The third kappa shape index (κ3) is 3.85. The third-order valence-corrected chi connectivity index (χ3v) is 5.52. The van der Waals surface area contributed by atoms with Crippen LogP contribution in [-0.2, 0) is 0 Å². The predicted octanol–water partition coefficient (Wildman–Crippen LogP) is 6.49. The van der Waals surface area contributed by atoms with Crippen LogP contribution in [0.4, 0.5) is 11.4 Å². The van der Waals surface area contributed by atoms with Gasteiger partial charge in [0.15, 0.2) is 0 Å². The molecule has 0 unspecified atom stereocenters. The van der Waals surface area contributed by atoms with Crippen LogP contribution in [0.15, 0.2) is 24.3 Å². The summed E-state index contributed by atoms with van der Waals surface area (Å²) in [6, 6.07) is 9.27. The van der Waals surface area contributed by atoms with Crippen molar-refractivity contribution in [2.75, 3.05) is 22.9 Å². The highest BCUT2D eigenvalue weighted by Gasteiger charge is 2.29. The van der Waals surface area contributed by atoms with Gasteiger partial charge in [-0.15, -0.1) is 0 Å². The van der Waals surface area contributed by atoms with Crippen molar-refractivity contribution in [1.82, 2.24) is 0 Å². The molecule has 1 aliphatic heterocycles. The van der Waals surface area contributed by atoms with E-state index in [0.717, 1.165) is 13.1 Å². The summed E-state index contributed by atoms with van der Waals surface area (Å²) >= 11 is 0. The van der Waals surface area contributed by atoms with Crippen LogP contribution in [0.3, 0.4) is 0 Å². The topological polar surface area (TPSA) is 6.48 Å². The molecule has 0 saturated carbocycles. The molecule has 2 aromatic carbocycles. The van der Waals surface area contributed by atoms with Gasteiger partial charge in [0.25, 0.3) is 0 Å². The first-order valence-electron chi connectivity index (χ1n) is 10.2. The highest BCUT2D eigenvalue weighted by Crippen LogP contribution is 2.39. The second-order valence-corrected chi connectivity index (χ2v) is 8.75. The summed E-state index contributed by atoms with van der Waals surface area (Å²) in [5.74, 6) is 1.00. The van der Waals surface area contributed by atoms with Crippen LogP contribution in [0.1, 0.15) is 72.9 Å². The largest absolute Gasteiger partial charge is 0.339 e. The molecule has 0 amide bonds. The van der Waals surface area contributed by atoms with Gasteiger partial charge in [-0.25, -0.2) is 0 Å². The van der Waals surface area contributed by atoms with E-state index in [1.165, 1.54) is 44.8 Å². The molecule has 2 heteroatoms. The zero-order valence-corrected chi connectivity index (χ0v) is 18.3. The van der Waals surface area contributed by atoms with Crippen molar-refractivity contribution in [3.05, 3.63) is 64.3 Å². The molecule has 2 nitrogen and oxygen atoms in total. The van der Waals surface area contributed by atoms with Gasteiger partial charge in [-0.1, -0.05) is 63.1 Å². The Morgan fingerprint density at radius 1 is 0.667 bits per heavy atom. The zero-order chi connectivity index (χ0) is 19.9. The maximum absolute atomic E-state index is 3.70. The van der Waals surface area contributed by atoms with Gasteiger partial charge in [-0.2, -0.15) is 0 Å². The highest BCUT2D eigenvalue weighted by atomic mass is 15.4. The van der Waals surface area contributed by atoms with E-state index in [2.05, 4.69) is 96.1 Å². The van der Waals surface area contributed by atoms with Crippen LogP contribution in [0.25, 0.3) is 0 Å². The van der Waals surface area contributed by atoms with Gasteiger partial charge < -0.3 is 9.80 Å². The SMILES string of the molecule is Cc1cc(C)c(N2[C]N(c3c(C)cc(C)cc3C(C)C)CC2)c(C(C)C)c1. The maximum atomic E-state index is 3.70. The molecular weight excluding hydrogens is 328 g/mol. The van der Waals surface area contributed by atoms with Crippen LogP contribution in [-0.4, -0.2) is 13.1 Å². The Morgan fingerprint density at radius 3 is 1.37 bits per heavy atom. The molecule has 0 aliphatic carbocycles. The van der Waals surface area contributed by atoms with Gasteiger partial charge in [0.2, 0.25) is 6.67 Å². The minimum atomic E-state index is 0.502. The van der Waals surface area contributed by atoms with Gasteiger partial charge in [-0.3, -0.25) is 0 Å². The second kappa shape index (κ2) is 7.58. The average molecular weight is 363 g/mol. The molecule has 0 aromatic heterocycles. The first kappa shape index (κ1) is 19.8. The number of benzene rings is 2. The molecule has 1 heterocycles. The van der Waals surface area contributed by atoms with E-state index in [-0.39, 0.29) is 0 Å². The van der Waals surface area contributed by atoms with Crippen LogP contribution in [0.2, 0.25) is 0 Å². The molecule has 0 spiro atoms. The summed E-state index contributed by atoms with van der Waals surface area (Å²) < 4.78 is 0. The Bertz CT molecular complexity index is 763. The first-order valence-corrected chi connectivity index (χ1v) is 10.2. The van der Waals surface area contributed by atoms with Crippen molar-refractivity contribution in [1.29, 1.82) is 0 Å². The Kier molecular flexibility index (Phi) is 5.55. The molecule has 2 aromatic rings. The number of anilines is 2. The van der Waals surface area contributed by atoms with E-state index in [4.69, 9.17) is 0 Å². The predicted molar refractivity (Wildman–Crippen MR) is 118 cm³/mol. The van der Waals surface area contributed by atoms with E-state index in [0.29, 0.717) is 11.8 Å². The Hall–Kier alpha value is -1.96. The van der Waals surface area contributed by atoms with Crippen molar-refractivity contribution < 1.29 is 0 Å². The number of hydrogen-bond acceptors (Lipinski definition) is 2. The number of nitrogens with zero attached hydrogens (tertiary/aromatic N) is 2. The van der Waals surface area contributed by atoms with Gasteiger partial charge in [0.05, 0.1) is 0 Å². The van der Waals surface area contributed by atoms with Crippen LogP contribution < -0.4 is 9.80 Å². The molecule has 0 bridgehead atoms. The van der Waals surface area contributed by atoms with Crippen molar-refractivity contribution in [3.63, 3.8) is 0 Å². The van der Waals surface area contributed by atoms with Crippen LogP contribution in [0, 0.1) is 34.4 Å². The summed E-state index contributed by atoms with van der Waals surface area (Å²) in [7, 11) is 0. The van der Waals surface area contributed by atoms with Gasteiger partial charge in [0, 0.05) is 24.5 Å². The number of rotatable bonds is 4. The molecule has 1 aliphatic rings. The molecular formula is C25H34N2. The van der Waals surface area contributed by atoms with Crippen LogP contribution in [0.5, 0.6) is 0 Å². The molecule has 3 rings (SSSR count). The van der Waals surface area contributed by atoms with E-state index in [1.54, 1.807) is 0 Å². The fourth-order valence-corrected chi connectivity index (χ4v) is 4.37. The van der Waals surface area contributed by atoms with Crippen molar-refractivity contribution in [3.8, 4) is 0 Å². The molecule has 0 N–H and O–H groups in total. The van der Waals surface area contributed by atoms with Crippen molar-refractivity contribution in [2.45, 2.75) is 67.2 Å². The number of aryl methyl sites for hydroxylation is 4. The lowest BCUT2D eigenvalue weighted by Crippen LogP contribution is -2.22. The van der Waals surface area contributed by atoms with Crippen LogP contribution >= 0.6 is 0 Å². The monoisotopic (exact) mass is 362 g/mol. The quantitative estimate of drug-likeness (QED) is 0.613. The van der Waals surface area contributed by atoms with E-state index in [9.17, 15) is 0 Å². The zero-order valence-electron chi connectivity index (χ0n) is 18.3. The van der Waals surface area contributed by atoms with Gasteiger partial charge in [-0.05, 0) is 61.8 Å². The fourth-order valence-electron chi connectivity index (χ4n) is 4.37. The Balaban J connectivity index is 1.98. The second-order valence-electron chi connectivity index (χ2n) is 8.75. The van der Waals surface area contributed by atoms with Gasteiger partial charge in [0.1, 0.15) is 0 Å². The molecule has 2 radical (unpaired) electrons. The van der Waals surface area contributed by atoms with Gasteiger partial charge >= 0.3 is 0 Å². The third-order valence-electron chi connectivity index (χ3n) is 5.52. The molecule has 144 valence electrons. The summed E-state index contributed by atoms with van der Waals surface area (Å²) in [5, 5.41) is 0. The van der Waals surface area contributed by atoms with Crippen molar-refractivity contribution in [2.24, 2.45) is 0 Å². The Labute approximate surface area is 166 Å². The smallest absolute Gasteiger partial charge is 0.208 e. The lowest BCUT2D eigenvalue weighted by Gasteiger charge is -2.28. The highest BCUT2D eigenvalue weighted by molar-refractivity contribution is 5.69. The molecule has 27 heavy (non-hydrogen) atoms. The minimum absolute atomic E-state index is 0.502. The molecule has 1 saturated heterocycles. The lowest BCUT2D eigenvalue weighted by molar-refractivity contribution is 0.849. The molecule has 1 fully saturated rings. The average Bonchev–Trinajstić information content (AvgIpc) is 3.02. The maximum Gasteiger partial charge on any atom is 0.208 e.